The number of benzene rings is 2. The maximum atomic E-state index is 14.1. The first-order chi connectivity index (χ1) is 28.1. The molecule has 6 aliphatic rings. The van der Waals surface area contributed by atoms with Crippen LogP contribution >= 0.6 is 11.6 Å². The smallest absolute Gasteiger partial charge is 0.269 e. The van der Waals surface area contributed by atoms with E-state index in [9.17, 15) is 19.2 Å². The molecule has 9 rings (SSSR count). The predicted molar refractivity (Wildman–Crippen MR) is 215 cm³/mol. The Bertz CT molecular complexity index is 2130. The summed E-state index contributed by atoms with van der Waals surface area (Å²) in [7, 11) is 0. The first-order valence-electron chi connectivity index (χ1n) is 20.7. The van der Waals surface area contributed by atoms with E-state index in [1.165, 1.54) is 17.7 Å². The summed E-state index contributed by atoms with van der Waals surface area (Å²) in [6, 6.07) is 16.7. The SMILES string of the molecule is N#Cc1ccc(OC2CCC(N3C(=O)CC[C@@H](N4Cc5cc(N6C[C@H]7CC[C@H](C6)N7CC6CCN(c7ccc(C(N)=O)nn7)CC6)ccc5C4=O)C3=O)CC2)cc1Cl. The second-order valence-corrected chi connectivity index (χ2v) is 17.2. The molecule has 0 radical (unpaired) electrons. The number of primary amides is 1. The first kappa shape index (κ1) is 38.3. The summed E-state index contributed by atoms with van der Waals surface area (Å²) in [4.78, 5) is 63.1. The molecule has 3 aromatic rings. The number of fused-ring (bicyclic) bond motifs is 3. The number of likely N-dealkylation sites (tertiary alicyclic amines) is 1. The van der Waals surface area contributed by atoms with E-state index < -0.39 is 11.9 Å². The van der Waals surface area contributed by atoms with Crippen LogP contribution in [0.15, 0.2) is 48.5 Å². The van der Waals surface area contributed by atoms with Gasteiger partial charge in [0, 0.05) is 81.1 Å². The highest BCUT2D eigenvalue weighted by Gasteiger charge is 2.46. The summed E-state index contributed by atoms with van der Waals surface area (Å²) >= 11 is 6.20. The zero-order chi connectivity index (χ0) is 40.1. The van der Waals surface area contributed by atoms with Crippen molar-refractivity contribution in [3.05, 3.63) is 75.9 Å². The van der Waals surface area contributed by atoms with E-state index in [1.807, 2.05) is 12.1 Å². The minimum Gasteiger partial charge on any atom is -0.490 e. The number of rotatable bonds is 9. The topological polar surface area (TPSA) is 169 Å². The number of hydrogen-bond donors (Lipinski definition) is 1. The van der Waals surface area contributed by atoms with Crippen molar-refractivity contribution in [2.75, 3.05) is 42.5 Å². The summed E-state index contributed by atoms with van der Waals surface area (Å²) in [5, 5.41) is 17.7. The van der Waals surface area contributed by atoms with E-state index in [0.717, 1.165) is 62.6 Å². The highest BCUT2D eigenvalue weighted by Crippen LogP contribution is 2.38. The predicted octanol–water partition coefficient (Wildman–Crippen LogP) is 4.53. The lowest BCUT2D eigenvalue weighted by atomic mass is 9.89. The third-order valence-corrected chi connectivity index (χ3v) is 13.7. The fourth-order valence-corrected chi connectivity index (χ4v) is 10.5. The number of anilines is 2. The molecule has 58 heavy (non-hydrogen) atoms. The number of aromatic nitrogens is 2. The summed E-state index contributed by atoms with van der Waals surface area (Å²) < 4.78 is 6.15. The minimum atomic E-state index is -0.669. The van der Waals surface area contributed by atoms with Crippen molar-refractivity contribution < 1.29 is 23.9 Å². The van der Waals surface area contributed by atoms with Crippen LogP contribution in [0.1, 0.15) is 96.2 Å². The number of nitriles is 1. The lowest BCUT2D eigenvalue weighted by Gasteiger charge is -2.44. The zero-order valence-electron chi connectivity index (χ0n) is 32.5. The fourth-order valence-electron chi connectivity index (χ4n) is 10.3. The van der Waals surface area contributed by atoms with Crippen LogP contribution in [0.4, 0.5) is 11.5 Å². The molecule has 3 atom stereocenters. The highest BCUT2D eigenvalue weighted by molar-refractivity contribution is 6.31. The van der Waals surface area contributed by atoms with Gasteiger partial charge in [0.1, 0.15) is 17.9 Å². The van der Waals surface area contributed by atoms with Gasteiger partial charge in [0.25, 0.3) is 17.7 Å². The van der Waals surface area contributed by atoms with Crippen LogP contribution in [0.5, 0.6) is 5.75 Å². The molecule has 5 aliphatic heterocycles. The van der Waals surface area contributed by atoms with Gasteiger partial charge >= 0.3 is 0 Å². The summed E-state index contributed by atoms with van der Waals surface area (Å²) in [5.74, 6) is 0.836. The summed E-state index contributed by atoms with van der Waals surface area (Å²) in [5.41, 5.74) is 8.59. The molecule has 1 saturated carbocycles. The quantitative estimate of drug-likeness (QED) is 0.302. The number of nitrogens with zero attached hydrogens (tertiary/aromatic N) is 8. The number of halogens is 1. The molecular formula is C43H48ClN9O5. The third kappa shape index (κ3) is 7.34. The molecule has 0 spiro atoms. The molecule has 1 aromatic heterocycles. The van der Waals surface area contributed by atoms with Gasteiger partial charge in [-0.3, -0.25) is 29.0 Å². The molecule has 0 unspecified atom stereocenters. The van der Waals surface area contributed by atoms with Gasteiger partial charge in [-0.15, -0.1) is 10.2 Å². The fraction of sp³-hybridized carbons (Fsp3) is 0.512. The van der Waals surface area contributed by atoms with Gasteiger partial charge in [0.2, 0.25) is 5.91 Å². The number of nitrogens with two attached hydrogens (primary N) is 1. The molecule has 2 N–H and O–H groups in total. The molecule has 2 bridgehead atoms. The molecule has 302 valence electrons. The molecule has 14 nitrogen and oxygen atoms in total. The van der Waals surface area contributed by atoms with Crippen LogP contribution in [0.2, 0.25) is 5.02 Å². The van der Waals surface area contributed by atoms with Crippen molar-refractivity contribution >= 4 is 46.7 Å². The van der Waals surface area contributed by atoms with Gasteiger partial charge in [0.05, 0.1) is 16.7 Å². The molecular weight excluding hydrogens is 758 g/mol. The molecule has 5 fully saturated rings. The number of carbonyl (C=O) groups excluding carboxylic acids is 4. The average molecular weight is 806 g/mol. The van der Waals surface area contributed by atoms with Crippen molar-refractivity contribution in [1.29, 1.82) is 5.26 Å². The number of carbonyl (C=O) groups is 4. The van der Waals surface area contributed by atoms with E-state index in [1.54, 1.807) is 29.2 Å². The average Bonchev–Trinajstić information content (AvgIpc) is 3.66. The Morgan fingerprint density at radius 1 is 0.862 bits per heavy atom. The maximum Gasteiger partial charge on any atom is 0.269 e. The van der Waals surface area contributed by atoms with Crippen molar-refractivity contribution in [1.82, 2.24) is 24.9 Å². The Labute approximate surface area is 342 Å². The largest absolute Gasteiger partial charge is 0.490 e. The standard InChI is InChI=1S/C43H48ClN9O5/c44-36-20-34(7-1-27(36)21-45)58-33-8-4-29(5-9-33)53-40(54)14-12-38(43(53)57)52-23-28-19-30(6-10-35(28)42(52)56)50-24-31-2-3-32(25-50)51(31)22-26-15-17-49(18-16-26)39-13-11-37(41(46)55)47-48-39/h1,6-7,10-11,13,19-20,26,29,31-33,38H,2-5,8-9,12,14-18,22-25H2,(H2,46,55)/t29?,31-,32-,33?,38-/m1/s1. The lowest BCUT2D eigenvalue weighted by Crippen LogP contribution is -2.58. The molecule has 4 saturated heterocycles. The number of amides is 4. The number of piperazine rings is 1. The minimum absolute atomic E-state index is 0.0876. The first-order valence-corrected chi connectivity index (χ1v) is 21.1. The van der Waals surface area contributed by atoms with Crippen molar-refractivity contribution in [2.45, 2.75) is 101 Å². The van der Waals surface area contributed by atoms with Crippen LogP contribution in [-0.2, 0) is 16.1 Å². The Balaban J connectivity index is 0.786. The Hall–Kier alpha value is -5.26. The number of piperidine rings is 2. The van der Waals surface area contributed by atoms with Crippen molar-refractivity contribution in [3.63, 3.8) is 0 Å². The van der Waals surface area contributed by atoms with Crippen LogP contribution < -0.4 is 20.3 Å². The van der Waals surface area contributed by atoms with Crippen LogP contribution in [0, 0.1) is 17.2 Å². The lowest BCUT2D eigenvalue weighted by molar-refractivity contribution is -0.156. The van der Waals surface area contributed by atoms with E-state index in [4.69, 9.17) is 27.3 Å². The number of hydrogen-bond acceptors (Lipinski definition) is 11. The molecule has 4 amide bonds. The van der Waals surface area contributed by atoms with Crippen molar-refractivity contribution in [2.24, 2.45) is 11.7 Å². The highest BCUT2D eigenvalue weighted by atomic mass is 35.5. The van der Waals surface area contributed by atoms with Gasteiger partial charge in [-0.2, -0.15) is 5.26 Å². The van der Waals surface area contributed by atoms with Gasteiger partial charge in [-0.1, -0.05) is 11.6 Å². The Morgan fingerprint density at radius 2 is 1.60 bits per heavy atom. The van der Waals surface area contributed by atoms with E-state index in [0.29, 0.717) is 78.5 Å². The number of ether oxygens (including phenoxy) is 1. The van der Waals surface area contributed by atoms with Crippen molar-refractivity contribution in [3.8, 4) is 11.8 Å². The number of imide groups is 1. The third-order valence-electron chi connectivity index (χ3n) is 13.4. The molecule has 1 aliphatic carbocycles. The van der Waals surface area contributed by atoms with Crippen LogP contribution in [0.25, 0.3) is 0 Å². The van der Waals surface area contributed by atoms with Crippen LogP contribution in [-0.4, -0.2) is 112 Å². The van der Waals surface area contributed by atoms with Gasteiger partial charge in [-0.05, 0) is 112 Å². The van der Waals surface area contributed by atoms with Gasteiger partial charge in [0.15, 0.2) is 11.5 Å². The second-order valence-electron chi connectivity index (χ2n) is 16.8. The molecule has 2 aromatic carbocycles. The second kappa shape index (κ2) is 15.8. The van der Waals surface area contributed by atoms with E-state index in [-0.39, 0.29) is 42.0 Å². The Kier molecular flexibility index (Phi) is 10.4. The van der Waals surface area contributed by atoms with Crippen LogP contribution in [0.3, 0.4) is 0 Å². The monoisotopic (exact) mass is 805 g/mol. The van der Waals surface area contributed by atoms with E-state index in [2.05, 4.69) is 43.1 Å². The van der Waals surface area contributed by atoms with E-state index >= 15 is 0 Å². The normalized spacial score (nSPS) is 26.6. The maximum absolute atomic E-state index is 14.1. The van der Waals surface area contributed by atoms with Gasteiger partial charge < -0.3 is 25.2 Å². The molecule has 15 heteroatoms. The Morgan fingerprint density at radius 3 is 2.28 bits per heavy atom. The van der Waals surface area contributed by atoms with Gasteiger partial charge in [-0.25, -0.2) is 0 Å². The molecule has 6 heterocycles. The zero-order valence-corrected chi connectivity index (χ0v) is 33.2. The summed E-state index contributed by atoms with van der Waals surface area (Å²) in [6.07, 6.45) is 7.58. The summed E-state index contributed by atoms with van der Waals surface area (Å²) in [6.45, 7) is 5.16.